The lowest BCUT2D eigenvalue weighted by atomic mass is 10.2. The molecule has 0 bridgehead atoms. The van der Waals surface area contributed by atoms with Crippen molar-refractivity contribution in [1.29, 1.82) is 0 Å². The number of carbonyl (C=O) groups excluding carboxylic acids is 2. The number of benzene rings is 2. The molecule has 1 saturated carbocycles. The molecule has 0 aliphatic heterocycles. The van der Waals surface area contributed by atoms with Gasteiger partial charge in [-0.1, -0.05) is 24.3 Å². The molecule has 0 aromatic heterocycles. The zero-order valence-electron chi connectivity index (χ0n) is 12.9. The first-order chi connectivity index (χ1) is 11.6. The molecule has 3 N–H and O–H groups in total. The highest BCUT2D eigenvalue weighted by molar-refractivity contribution is 7.80. The number of anilines is 2. The van der Waals surface area contributed by atoms with Crippen LogP contribution < -0.4 is 16.0 Å². The van der Waals surface area contributed by atoms with E-state index in [0.29, 0.717) is 11.3 Å². The number of hydrogen-bond donors (Lipinski definition) is 3. The maximum atomic E-state index is 12.3. The number of amides is 2. The Morgan fingerprint density at radius 3 is 2.33 bits per heavy atom. The summed E-state index contributed by atoms with van der Waals surface area (Å²) in [4.78, 5) is 24.0. The molecular weight excluding hydrogens is 322 g/mol. The predicted octanol–water partition coefficient (Wildman–Crippen LogP) is 3.16. The molecule has 0 radical (unpaired) electrons. The summed E-state index contributed by atoms with van der Waals surface area (Å²) in [6, 6.07) is 16.2. The minimum Gasteiger partial charge on any atom is -0.332 e. The molecule has 2 aromatic rings. The van der Waals surface area contributed by atoms with Crippen LogP contribution >= 0.6 is 12.2 Å². The van der Waals surface area contributed by atoms with E-state index in [9.17, 15) is 9.59 Å². The first-order valence-electron chi connectivity index (χ1n) is 7.70. The molecule has 1 fully saturated rings. The third-order valence-corrected chi connectivity index (χ3v) is 3.80. The first kappa shape index (κ1) is 16.1. The molecule has 24 heavy (non-hydrogen) atoms. The van der Waals surface area contributed by atoms with E-state index in [1.54, 1.807) is 24.3 Å². The van der Waals surface area contributed by atoms with Crippen LogP contribution in [0.5, 0.6) is 0 Å². The second-order valence-electron chi connectivity index (χ2n) is 5.62. The Morgan fingerprint density at radius 2 is 1.62 bits per heavy atom. The Balaban J connectivity index is 1.61. The van der Waals surface area contributed by atoms with Crippen molar-refractivity contribution in [2.24, 2.45) is 5.92 Å². The maximum Gasteiger partial charge on any atom is 0.255 e. The summed E-state index contributed by atoms with van der Waals surface area (Å²) in [5.74, 6) is -0.170. The van der Waals surface area contributed by atoms with Gasteiger partial charge in [0.2, 0.25) is 5.91 Å². The van der Waals surface area contributed by atoms with Crippen LogP contribution in [0.1, 0.15) is 23.2 Å². The standard InChI is InChI=1S/C18H17N3O2S/c22-16(12-9-10-12)21-18(24)20-15-8-4-5-13(11-15)17(23)19-14-6-2-1-3-7-14/h1-8,11-12H,9-10H2,(H,19,23)(H2,20,21,22,24). The molecule has 0 heterocycles. The summed E-state index contributed by atoms with van der Waals surface area (Å²) in [7, 11) is 0. The average Bonchev–Trinajstić information content (AvgIpc) is 3.41. The minimum atomic E-state index is -0.210. The van der Waals surface area contributed by atoms with Gasteiger partial charge < -0.3 is 16.0 Å². The number of nitrogens with one attached hydrogen (secondary N) is 3. The quantitative estimate of drug-likeness (QED) is 0.749. The van der Waals surface area contributed by atoms with E-state index in [1.807, 2.05) is 30.3 Å². The van der Waals surface area contributed by atoms with Gasteiger partial charge in [0.1, 0.15) is 0 Å². The monoisotopic (exact) mass is 339 g/mol. The fraction of sp³-hybridized carbons (Fsp3) is 0.167. The predicted molar refractivity (Wildman–Crippen MR) is 97.9 cm³/mol. The number of thiocarbonyl (C=S) groups is 1. The topological polar surface area (TPSA) is 70.2 Å². The van der Waals surface area contributed by atoms with Crippen LogP contribution in [0.15, 0.2) is 54.6 Å². The fourth-order valence-corrected chi connectivity index (χ4v) is 2.40. The normalized spacial score (nSPS) is 13.0. The van der Waals surface area contributed by atoms with Crippen molar-refractivity contribution in [3.8, 4) is 0 Å². The smallest absolute Gasteiger partial charge is 0.255 e. The van der Waals surface area contributed by atoms with Crippen LogP contribution in [-0.2, 0) is 4.79 Å². The van der Waals surface area contributed by atoms with Crippen LogP contribution in [0.4, 0.5) is 11.4 Å². The molecule has 2 aromatic carbocycles. The molecule has 2 amide bonds. The number of hydrogen-bond acceptors (Lipinski definition) is 3. The lowest BCUT2D eigenvalue weighted by Crippen LogP contribution is -2.35. The van der Waals surface area contributed by atoms with Crippen LogP contribution in [0.2, 0.25) is 0 Å². The van der Waals surface area contributed by atoms with E-state index in [-0.39, 0.29) is 22.8 Å². The van der Waals surface area contributed by atoms with E-state index in [0.717, 1.165) is 18.5 Å². The zero-order valence-corrected chi connectivity index (χ0v) is 13.7. The summed E-state index contributed by atoms with van der Waals surface area (Å²) in [5.41, 5.74) is 1.88. The van der Waals surface area contributed by atoms with Crippen LogP contribution in [0.3, 0.4) is 0 Å². The Bertz CT molecular complexity index is 773. The molecule has 0 atom stereocenters. The molecule has 0 spiro atoms. The maximum absolute atomic E-state index is 12.3. The molecule has 6 heteroatoms. The lowest BCUT2D eigenvalue weighted by molar-refractivity contribution is -0.120. The summed E-state index contributed by atoms with van der Waals surface area (Å²) < 4.78 is 0. The van der Waals surface area contributed by atoms with Crippen LogP contribution in [0, 0.1) is 5.92 Å². The van der Waals surface area contributed by atoms with Gasteiger partial charge in [-0.2, -0.15) is 0 Å². The van der Waals surface area contributed by atoms with Gasteiger partial charge >= 0.3 is 0 Å². The third-order valence-electron chi connectivity index (χ3n) is 3.60. The molecular formula is C18H17N3O2S. The summed E-state index contributed by atoms with van der Waals surface area (Å²) in [6.07, 6.45) is 1.84. The van der Waals surface area contributed by atoms with Crippen molar-refractivity contribution in [3.63, 3.8) is 0 Å². The highest BCUT2D eigenvalue weighted by Crippen LogP contribution is 2.28. The van der Waals surface area contributed by atoms with Gasteiger partial charge in [0.15, 0.2) is 5.11 Å². The van der Waals surface area contributed by atoms with Crippen LogP contribution in [-0.4, -0.2) is 16.9 Å². The summed E-state index contributed by atoms with van der Waals surface area (Å²) >= 11 is 5.13. The SMILES string of the molecule is O=C(Nc1ccccc1)c1cccc(NC(=S)NC(=O)C2CC2)c1. The van der Waals surface area contributed by atoms with Gasteiger partial charge in [0.05, 0.1) is 0 Å². The Morgan fingerprint density at radius 1 is 0.917 bits per heavy atom. The molecule has 0 unspecified atom stereocenters. The molecule has 0 saturated heterocycles. The van der Waals surface area contributed by atoms with E-state index in [1.165, 1.54) is 0 Å². The molecule has 5 nitrogen and oxygen atoms in total. The molecule has 3 rings (SSSR count). The Hall–Kier alpha value is -2.73. The zero-order chi connectivity index (χ0) is 16.9. The second kappa shape index (κ2) is 7.23. The second-order valence-corrected chi connectivity index (χ2v) is 6.03. The van der Waals surface area contributed by atoms with Crippen molar-refractivity contribution in [1.82, 2.24) is 5.32 Å². The van der Waals surface area contributed by atoms with E-state index in [2.05, 4.69) is 16.0 Å². The van der Waals surface area contributed by atoms with Gasteiger partial charge in [-0.05, 0) is 55.4 Å². The Kier molecular flexibility index (Phi) is 4.86. The van der Waals surface area contributed by atoms with Gasteiger partial charge in [-0.25, -0.2) is 0 Å². The molecule has 1 aliphatic carbocycles. The van der Waals surface area contributed by atoms with Gasteiger partial charge in [0.25, 0.3) is 5.91 Å². The summed E-state index contributed by atoms with van der Waals surface area (Å²) in [6.45, 7) is 0. The highest BCUT2D eigenvalue weighted by Gasteiger charge is 2.30. The van der Waals surface area contributed by atoms with Gasteiger partial charge in [-0.3, -0.25) is 9.59 Å². The van der Waals surface area contributed by atoms with E-state index in [4.69, 9.17) is 12.2 Å². The highest BCUT2D eigenvalue weighted by atomic mass is 32.1. The van der Waals surface area contributed by atoms with E-state index >= 15 is 0 Å². The number of carbonyl (C=O) groups is 2. The first-order valence-corrected chi connectivity index (χ1v) is 8.11. The van der Waals surface area contributed by atoms with Crippen molar-refractivity contribution < 1.29 is 9.59 Å². The third kappa shape index (κ3) is 4.39. The minimum absolute atomic E-state index is 0.0505. The lowest BCUT2D eigenvalue weighted by Gasteiger charge is -2.11. The van der Waals surface area contributed by atoms with Crippen molar-refractivity contribution in [3.05, 3.63) is 60.2 Å². The largest absolute Gasteiger partial charge is 0.332 e. The van der Waals surface area contributed by atoms with Gasteiger partial charge in [0, 0.05) is 22.9 Å². The molecule has 122 valence electrons. The van der Waals surface area contributed by atoms with Crippen LogP contribution in [0.25, 0.3) is 0 Å². The fourth-order valence-electron chi connectivity index (χ4n) is 2.18. The average molecular weight is 339 g/mol. The summed E-state index contributed by atoms with van der Waals surface area (Å²) in [5, 5.41) is 8.66. The Labute approximate surface area is 145 Å². The number of para-hydroxylation sites is 1. The van der Waals surface area contributed by atoms with Crippen molar-refractivity contribution in [2.75, 3.05) is 10.6 Å². The van der Waals surface area contributed by atoms with E-state index < -0.39 is 0 Å². The van der Waals surface area contributed by atoms with Crippen molar-refractivity contribution in [2.45, 2.75) is 12.8 Å². The van der Waals surface area contributed by atoms with Gasteiger partial charge in [-0.15, -0.1) is 0 Å². The number of rotatable bonds is 4. The van der Waals surface area contributed by atoms with Crippen molar-refractivity contribution >= 4 is 40.5 Å². The molecule has 1 aliphatic rings.